The maximum Gasteiger partial charge on any atom is 3.00 e. The van der Waals surface area contributed by atoms with Gasteiger partial charge in [-0.1, -0.05) is 77.1 Å². The maximum absolute atomic E-state index is 13.3. The largest absolute Gasteiger partial charge is 3.00 e. The minimum absolute atomic E-state index is 0. The monoisotopic (exact) mass is 579 g/mol. The smallest absolute Gasteiger partial charge is 0.569 e. The molecule has 1 saturated carbocycles. The average molecular weight is 580 g/mol. The molecule has 0 aromatic heterocycles. The van der Waals surface area contributed by atoms with E-state index in [1.165, 1.54) is 6.42 Å². The molecule has 0 N–H and O–H groups in total. The summed E-state index contributed by atoms with van der Waals surface area (Å²) in [6, 6.07) is 13.8. The third-order valence-corrected chi connectivity index (χ3v) is 8.46. The number of hydrogen-bond donors (Lipinski definition) is 0. The Morgan fingerprint density at radius 2 is 1.66 bits per heavy atom. The van der Waals surface area contributed by atoms with Gasteiger partial charge in [0.1, 0.15) is 28.5 Å². The summed E-state index contributed by atoms with van der Waals surface area (Å²) < 4.78 is 43.5. The average Bonchev–Trinajstić information content (AvgIpc) is 3.31. The summed E-state index contributed by atoms with van der Waals surface area (Å²) >= 11 is 0. The molecule has 1 aliphatic carbocycles. The summed E-state index contributed by atoms with van der Waals surface area (Å²) in [7, 11) is -3.96. The van der Waals surface area contributed by atoms with Gasteiger partial charge in [0, 0.05) is 5.56 Å². The van der Waals surface area contributed by atoms with Gasteiger partial charge in [0.2, 0.25) is 5.90 Å². The summed E-state index contributed by atoms with van der Waals surface area (Å²) in [4.78, 5) is 4.89. The van der Waals surface area contributed by atoms with Gasteiger partial charge in [-0.3, -0.25) is 0 Å². The van der Waals surface area contributed by atoms with Crippen LogP contribution in [0.3, 0.4) is 0 Å². The zero-order valence-corrected chi connectivity index (χ0v) is 25.8. The van der Waals surface area contributed by atoms with Crippen LogP contribution in [-0.2, 0) is 32.1 Å². The van der Waals surface area contributed by atoms with Crippen LogP contribution >= 0.6 is 0 Å². The van der Waals surface area contributed by atoms with E-state index < -0.39 is 10.0 Å². The number of benzene rings is 2. The molecule has 0 amide bonds. The van der Waals surface area contributed by atoms with E-state index in [0.29, 0.717) is 47.5 Å². The molecule has 209 valence electrons. The Balaban J connectivity index is 0.00000241. The number of ether oxygens (including phenoxy) is 2. The number of hydrogen-bond acceptors (Lipinski definition) is 5. The van der Waals surface area contributed by atoms with Crippen molar-refractivity contribution in [2.45, 2.75) is 70.9 Å². The SMILES string of the molecule is CC(C)[C@H]1CC[C@H](C)C[C@@H]1Oc1cccc(C2=N[C@@H](C(C)C)CO2)c1[N-]S(=O)(=O)c1ccccc1.[CH3-].[CH3-].[Cr+3]. The molecule has 2 aliphatic rings. The van der Waals surface area contributed by atoms with E-state index in [-0.39, 0.29) is 54.9 Å². The molecule has 38 heavy (non-hydrogen) atoms. The van der Waals surface area contributed by atoms with Gasteiger partial charge in [0.25, 0.3) is 0 Å². The minimum Gasteiger partial charge on any atom is -0.569 e. The van der Waals surface area contributed by atoms with Crippen molar-refractivity contribution in [3.8, 4) is 5.75 Å². The second-order valence-electron chi connectivity index (χ2n) is 10.6. The van der Waals surface area contributed by atoms with E-state index >= 15 is 0 Å². The Hall–Kier alpha value is -2.01. The third-order valence-electron chi connectivity index (χ3n) is 7.17. The molecule has 1 radical (unpaired) electrons. The Kier molecular flexibility index (Phi) is 12.9. The van der Waals surface area contributed by atoms with Crippen LogP contribution in [0, 0.1) is 38.5 Å². The molecule has 4 atom stereocenters. The number of aliphatic imine (C=N–C) groups is 1. The van der Waals surface area contributed by atoms with Gasteiger partial charge in [-0.05, 0) is 54.7 Å². The molecule has 1 fully saturated rings. The maximum atomic E-state index is 13.3. The fourth-order valence-corrected chi connectivity index (χ4v) is 5.98. The Morgan fingerprint density at radius 1 is 0.974 bits per heavy atom. The van der Waals surface area contributed by atoms with E-state index in [1.54, 1.807) is 30.3 Å². The molecule has 2 aromatic carbocycles. The van der Waals surface area contributed by atoms with Crippen molar-refractivity contribution in [1.82, 2.24) is 0 Å². The molecule has 0 saturated heterocycles. The van der Waals surface area contributed by atoms with Crippen molar-refractivity contribution in [1.29, 1.82) is 0 Å². The minimum atomic E-state index is -3.96. The first-order chi connectivity index (χ1) is 16.7. The van der Waals surface area contributed by atoms with Crippen molar-refractivity contribution in [3.63, 3.8) is 0 Å². The van der Waals surface area contributed by atoms with E-state index in [4.69, 9.17) is 14.5 Å². The van der Waals surface area contributed by atoms with Crippen LogP contribution < -0.4 is 4.74 Å². The molecular weight excluding hydrogens is 536 g/mol. The van der Waals surface area contributed by atoms with E-state index in [9.17, 15) is 8.42 Å². The number of nitrogens with zero attached hydrogens (tertiary/aromatic N) is 2. The van der Waals surface area contributed by atoms with E-state index in [0.717, 1.165) is 12.8 Å². The van der Waals surface area contributed by atoms with E-state index in [1.807, 2.05) is 18.2 Å². The molecule has 8 heteroatoms. The fourth-order valence-electron chi connectivity index (χ4n) is 4.94. The molecule has 0 bridgehead atoms. The van der Waals surface area contributed by atoms with Gasteiger partial charge in [0.15, 0.2) is 0 Å². The van der Waals surface area contributed by atoms with Crippen molar-refractivity contribution in [2.75, 3.05) is 6.61 Å². The van der Waals surface area contributed by atoms with Crippen molar-refractivity contribution in [3.05, 3.63) is 73.7 Å². The summed E-state index contributed by atoms with van der Waals surface area (Å²) in [5, 5.41) is 0. The summed E-state index contributed by atoms with van der Waals surface area (Å²) in [6.07, 6.45) is 3.22. The second kappa shape index (κ2) is 14.4. The first-order valence-corrected chi connectivity index (χ1v) is 14.1. The van der Waals surface area contributed by atoms with Crippen LogP contribution in [0.25, 0.3) is 4.72 Å². The van der Waals surface area contributed by atoms with Gasteiger partial charge in [-0.25, -0.2) is 13.4 Å². The Morgan fingerprint density at radius 3 is 2.26 bits per heavy atom. The summed E-state index contributed by atoms with van der Waals surface area (Å²) in [5.74, 6) is 2.63. The zero-order chi connectivity index (χ0) is 25.2. The fraction of sp³-hybridized carbons (Fsp3) is 0.500. The molecule has 1 heterocycles. The van der Waals surface area contributed by atoms with Gasteiger partial charge in [-0.15, -0.1) is 0 Å². The van der Waals surface area contributed by atoms with Crippen molar-refractivity contribution < 1.29 is 35.3 Å². The van der Waals surface area contributed by atoms with Gasteiger partial charge >= 0.3 is 17.4 Å². The standard InChI is InChI=1S/C28H37N2O4S.2CH3.Cr/c1-18(2)22-15-14-20(5)16-26(22)34-25-13-9-12-23(28-29-24(17-33-28)19(3)4)27(25)30-35(31,32)21-10-7-6-8-11-21;;;/h6-13,18-20,22,24,26H,14-17H2,1-5H3;2*1H3;/q3*-1;+3/t20-,22+,24+,26-;;;/m0.../s1. The third kappa shape index (κ3) is 7.77. The second-order valence-corrected chi connectivity index (χ2v) is 12.2. The van der Waals surface area contributed by atoms with Crippen LogP contribution in [0.5, 0.6) is 5.75 Å². The first kappa shape index (κ1) is 34.0. The quantitative estimate of drug-likeness (QED) is 0.301. The molecule has 2 aromatic rings. The molecule has 0 unspecified atom stereocenters. The molecule has 1 aliphatic heterocycles. The molecule has 0 spiro atoms. The topological polar surface area (TPSA) is 79.1 Å². The summed E-state index contributed by atoms with van der Waals surface area (Å²) in [5.41, 5.74) is 0.815. The predicted molar refractivity (Wildman–Crippen MR) is 153 cm³/mol. The number of sulfonamides is 1. The van der Waals surface area contributed by atoms with Crippen LogP contribution in [0.1, 0.15) is 59.4 Å². The normalized spacial score (nSPS) is 22.9. The Bertz CT molecular complexity index is 1150. The van der Waals surface area contributed by atoms with Gasteiger partial charge in [0.05, 0.1) is 10.9 Å². The molecule has 4 rings (SSSR count). The van der Waals surface area contributed by atoms with Crippen molar-refractivity contribution >= 4 is 21.6 Å². The predicted octanol–water partition coefficient (Wildman–Crippen LogP) is 7.62. The zero-order valence-electron chi connectivity index (χ0n) is 23.8. The van der Waals surface area contributed by atoms with Crippen LogP contribution in [0.2, 0.25) is 0 Å². The van der Waals surface area contributed by atoms with Crippen molar-refractivity contribution in [2.24, 2.45) is 28.7 Å². The first-order valence-electron chi connectivity index (χ1n) is 12.7. The molecule has 6 nitrogen and oxygen atoms in total. The number of rotatable bonds is 8. The van der Waals surface area contributed by atoms with Crippen LogP contribution in [0.4, 0.5) is 5.69 Å². The molecular formula is C30H43CrN2O4S. The van der Waals surface area contributed by atoms with Crippen LogP contribution in [0.15, 0.2) is 58.4 Å². The van der Waals surface area contributed by atoms with Gasteiger partial charge in [-0.2, -0.15) is 0 Å². The summed E-state index contributed by atoms with van der Waals surface area (Å²) in [6.45, 7) is 11.4. The van der Waals surface area contributed by atoms with Crippen LogP contribution in [-0.4, -0.2) is 33.1 Å². The van der Waals surface area contributed by atoms with E-state index in [2.05, 4.69) is 39.3 Å². The van der Waals surface area contributed by atoms with Gasteiger partial charge < -0.3 is 29.0 Å². The Labute approximate surface area is 241 Å².